The van der Waals surface area contributed by atoms with Crippen molar-refractivity contribution in [3.8, 4) is 0 Å². The Balaban J connectivity index is 1.46. The standard InChI is InChI=1S/C18H23N3O3S/c22-15(19-10-8-13-5-2-1-3-6-13)7-4-11-21-17(23)16-14(9-12-25-16)20-18(21)24/h5,9,12H,1-4,6-8,10-11H2,(H,19,22)(H,20,24). The minimum absolute atomic E-state index is 0.0295. The number of amides is 1. The number of fused-ring (bicyclic) bond motifs is 1. The van der Waals surface area contributed by atoms with Crippen molar-refractivity contribution in [1.29, 1.82) is 0 Å². The lowest BCUT2D eigenvalue weighted by atomic mass is 9.97. The largest absolute Gasteiger partial charge is 0.356 e. The number of aromatic amines is 1. The van der Waals surface area contributed by atoms with E-state index in [0.29, 0.717) is 29.6 Å². The number of hydrogen-bond acceptors (Lipinski definition) is 4. The fourth-order valence-electron chi connectivity index (χ4n) is 3.15. The van der Waals surface area contributed by atoms with E-state index in [1.165, 1.54) is 34.3 Å². The molecule has 2 heterocycles. The predicted octanol–water partition coefficient (Wildman–Crippen LogP) is 2.54. The van der Waals surface area contributed by atoms with Gasteiger partial charge in [-0.1, -0.05) is 11.6 Å². The molecule has 1 aliphatic rings. The van der Waals surface area contributed by atoms with Crippen LogP contribution in [-0.4, -0.2) is 22.0 Å². The Hall–Kier alpha value is -2.15. The Morgan fingerprint density at radius 2 is 2.20 bits per heavy atom. The minimum atomic E-state index is -0.416. The lowest BCUT2D eigenvalue weighted by molar-refractivity contribution is -0.121. The van der Waals surface area contributed by atoms with Crippen LogP contribution in [0.25, 0.3) is 10.2 Å². The monoisotopic (exact) mass is 361 g/mol. The first-order chi connectivity index (χ1) is 12.1. The van der Waals surface area contributed by atoms with Gasteiger partial charge in [0, 0.05) is 19.5 Å². The molecule has 3 rings (SSSR count). The molecule has 0 spiro atoms. The topological polar surface area (TPSA) is 84.0 Å². The molecule has 0 unspecified atom stereocenters. The molecule has 0 atom stereocenters. The highest BCUT2D eigenvalue weighted by Gasteiger charge is 2.10. The molecule has 0 saturated carbocycles. The zero-order valence-electron chi connectivity index (χ0n) is 14.2. The number of nitrogens with zero attached hydrogens (tertiary/aromatic N) is 1. The summed E-state index contributed by atoms with van der Waals surface area (Å²) in [4.78, 5) is 38.9. The van der Waals surface area contributed by atoms with Gasteiger partial charge in [0.2, 0.25) is 5.91 Å². The number of allylic oxidation sites excluding steroid dienone is 1. The first-order valence-corrected chi connectivity index (χ1v) is 9.68. The van der Waals surface area contributed by atoms with Gasteiger partial charge in [-0.05, 0) is 50.0 Å². The smallest absolute Gasteiger partial charge is 0.328 e. The van der Waals surface area contributed by atoms with Crippen LogP contribution in [0.4, 0.5) is 0 Å². The fourth-order valence-corrected chi connectivity index (χ4v) is 3.95. The summed E-state index contributed by atoms with van der Waals surface area (Å²) in [6, 6.07) is 1.72. The number of rotatable bonds is 7. The maximum absolute atomic E-state index is 12.3. The van der Waals surface area contributed by atoms with Crippen LogP contribution >= 0.6 is 11.3 Å². The molecule has 0 fully saturated rings. The van der Waals surface area contributed by atoms with Crippen LogP contribution in [0.3, 0.4) is 0 Å². The maximum atomic E-state index is 12.3. The molecule has 7 heteroatoms. The van der Waals surface area contributed by atoms with Crippen LogP contribution in [-0.2, 0) is 11.3 Å². The number of hydrogen-bond donors (Lipinski definition) is 2. The molecule has 2 aromatic heterocycles. The average Bonchev–Trinajstić information content (AvgIpc) is 3.07. The summed E-state index contributed by atoms with van der Waals surface area (Å²) >= 11 is 1.31. The van der Waals surface area contributed by atoms with Gasteiger partial charge in [-0.25, -0.2) is 4.79 Å². The molecular weight excluding hydrogens is 338 g/mol. The summed E-state index contributed by atoms with van der Waals surface area (Å²) < 4.78 is 1.73. The van der Waals surface area contributed by atoms with E-state index >= 15 is 0 Å². The summed E-state index contributed by atoms with van der Waals surface area (Å²) in [6.07, 6.45) is 8.80. The number of aromatic nitrogens is 2. The van der Waals surface area contributed by atoms with E-state index in [0.717, 1.165) is 19.3 Å². The molecule has 0 aromatic carbocycles. The number of carbonyl (C=O) groups excluding carboxylic acids is 1. The Morgan fingerprint density at radius 1 is 1.32 bits per heavy atom. The zero-order chi connectivity index (χ0) is 17.6. The van der Waals surface area contributed by atoms with Crippen molar-refractivity contribution in [2.75, 3.05) is 6.54 Å². The molecular formula is C18H23N3O3S. The van der Waals surface area contributed by atoms with Crippen LogP contribution in [0.15, 0.2) is 32.7 Å². The Bertz CT molecular complexity index is 891. The Morgan fingerprint density at radius 3 is 3.00 bits per heavy atom. The number of thiophene rings is 1. The van der Waals surface area contributed by atoms with Crippen LogP contribution in [0.5, 0.6) is 0 Å². The van der Waals surface area contributed by atoms with Crippen LogP contribution in [0.2, 0.25) is 0 Å². The Labute approximate surface area is 149 Å². The first-order valence-electron chi connectivity index (χ1n) is 8.80. The molecule has 6 nitrogen and oxygen atoms in total. The third-order valence-corrected chi connectivity index (χ3v) is 5.43. The van der Waals surface area contributed by atoms with Gasteiger partial charge in [-0.3, -0.25) is 14.2 Å². The van der Waals surface area contributed by atoms with Crippen LogP contribution in [0, 0.1) is 0 Å². The van der Waals surface area contributed by atoms with Gasteiger partial charge in [0.15, 0.2) is 0 Å². The van der Waals surface area contributed by atoms with Gasteiger partial charge in [0.1, 0.15) is 4.70 Å². The van der Waals surface area contributed by atoms with Crippen molar-refractivity contribution in [1.82, 2.24) is 14.9 Å². The predicted molar refractivity (Wildman–Crippen MR) is 100 cm³/mol. The van der Waals surface area contributed by atoms with E-state index in [1.54, 1.807) is 11.4 Å². The lowest BCUT2D eigenvalue weighted by Gasteiger charge is -2.13. The van der Waals surface area contributed by atoms with Crippen LogP contribution in [0.1, 0.15) is 44.9 Å². The lowest BCUT2D eigenvalue weighted by Crippen LogP contribution is -2.35. The quantitative estimate of drug-likeness (QED) is 0.743. The van der Waals surface area contributed by atoms with Gasteiger partial charge < -0.3 is 10.3 Å². The van der Waals surface area contributed by atoms with Crippen LogP contribution < -0.4 is 16.6 Å². The third-order valence-electron chi connectivity index (χ3n) is 4.53. The zero-order valence-corrected chi connectivity index (χ0v) is 15.0. The summed E-state index contributed by atoms with van der Waals surface area (Å²) in [5.41, 5.74) is 1.32. The highest BCUT2D eigenvalue weighted by molar-refractivity contribution is 7.17. The molecule has 134 valence electrons. The molecule has 25 heavy (non-hydrogen) atoms. The van der Waals surface area contributed by atoms with E-state index < -0.39 is 5.69 Å². The molecule has 2 aromatic rings. The van der Waals surface area contributed by atoms with Gasteiger partial charge in [0.05, 0.1) is 5.52 Å². The molecule has 1 amide bonds. The highest BCUT2D eigenvalue weighted by Crippen LogP contribution is 2.19. The molecule has 2 N–H and O–H groups in total. The van der Waals surface area contributed by atoms with E-state index in [9.17, 15) is 14.4 Å². The van der Waals surface area contributed by atoms with Crippen molar-refractivity contribution in [2.24, 2.45) is 0 Å². The summed E-state index contributed by atoms with van der Waals surface area (Å²) in [6.45, 7) is 0.910. The van der Waals surface area contributed by atoms with Crippen molar-refractivity contribution < 1.29 is 4.79 Å². The van der Waals surface area contributed by atoms with Crippen molar-refractivity contribution in [2.45, 2.75) is 51.5 Å². The summed E-state index contributed by atoms with van der Waals surface area (Å²) in [7, 11) is 0. The summed E-state index contributed by atoms with van der Waals surface area (Å²) in [5.74, 6) is -0.0295. The fraction of sp³-hybridized carbons (Fsp3) is 0.500. The average molecular weight is 361 g/mol. The molecule has 0 radical (unpaired) electrons. The van der Waals surface area contributed by atoms with Crippen molar-refractivity contribution in [3.05, 3.63) is 43.9 Å². The second kappa shape index (κ2) is 8.29. The molecule has 0 bridgehead atoms. The first kappa shape index (κ1) is 17.7. The second-order valence-corrected chi connectivity index (χ2v) is 7.28. The van der Waals surface area contributed by atoms with E-state index in [4.69, 9.17) is 0 Å². The van der Waals surface area contributed by atoms with Gasteiger partial charge in [0.25, 0.3) is 5.56 Å². The van der Waals surface area contributed by atoms with Gasteiger partial charge in [-0.2, -0.15) is 0 Å². The third kappa shape index (κ3) is 4.48. The molecule has 0 saturated heterocycles. The van der Waals surface area contributed by atoms with E-state index in [1.807, 2.05) is 0 Å². The van der Waals surface area contributed by atoms with E-state index in [-0.39, 0.29) is 18.0 Å². The van der Waals surface area contributed by atoms with Gasteiger partial charge >= 0.3 is 5.69 Å². The van der Waals surface area contributed by atoms with E-state index in [2.05, 4.69) is 16.4 Å². The summed E-state index contributed by atoms with van der Waals surface area (Å²) in [5, 5.41) is 4.70. The number of nitrogens with one attached hydrogen (secondary N) is 2. The minimum Gasteiger partial charge on any atom is -0.356 e. The normalized spacial score (nSPS) is 14.5. The molecule has 1 aliphatic carbocycles. The number of carbonyl (C=O) groups is 1. The van der Waals surface area contributed by atoms with Crippen molar-refractivity contribution >= 4 is 27.5 Å². The SMILES string of the molecule is O=C(CCCn1c(=O)[nH]c2ccsc2c1=O)NCCC1=CCCCC1. The number of H-pyrrole nitrogens is 1. The van der Waals surface area contributed by atoms with Gasteiger partial charge in [-0.15, -0.1) is 11.3 Å². The highest BCUT2D eigenvalue weighted by atomic mass is 32.1. The Kier molecular flexibility index (Phi) is 5.86. The maximum Gasteiger partial charge on any atom is 0.328 e. The second-order valence-electron chi connectivity index (χ2n) is 6.36. The molecule has 0 aliphatic heterocycles. The van der Waals surface area contributed by atoms with Crippen molar-refractivity contribution in [3.63, 3.8) is 0 Å².